The molecule has 0 aliphatic heterocycles. The Hall–Kier alpha value is -2.20. The van der Waals surface area contributed by atoms with Crippen LogP contribution in [0, 0.1) is 5.82 Å². The summed E-state index contributed by atoms with van der Waals surface area (Å²) >= 11 is 0. The molecule has 0 saturated carbocycles. The van der Waals surface area contributed by atoms with Gasteiger partial charge in [0.1, 0.15) is 5.82 Å². The first-order valence-corrected chi connectivity index (χ1v) is 6.92. The van der Waals surface area contributed by atoms with E-state index >= 15 is 0 Å². The summed E-state index contributed by atoms with van der Waals surface area (Å²) < 4.78 is 12.9. The van der Waals surface area contributed by atoms with Crippen LogP contribution in [0.15, 0.2) is 54.6 Å². The average molecular weight is 286 g/mol. The van der Waals surface area contributed by atoms with Crippen LogP contribution in [-0.4, -0.2) is 12.5 Å². The van der Waals surface area contributed by atoms with E-state index in [1.54, 1.807) is 12.1 Å². The van der Waals surface area contributed by atoms with Gasteiger partial charge in [0.2, 0.25) is 5.91 Å². The average Bonchev–Trinajstić information content (AvgIpc) is 2.49. The molecule has 0 radical (unpaired) electrons. The van der Waals surface area contributed by atoms with Gasteiger partial charge in [-0.15, -0.1) is 0 Å². The summed E-state index contributed by atoms with van der Waals surface area (Å²) in [5.41, 5.74) is 7.48. The SMILES string of the molecule is C[C@@H](NC(=O)C(CN)c1ccccc1)c1ccc(F)cc1. The standard InChI is InChI=1S/C17H19FN2O/c1-12(13-7-9-15(18)10-8-13)20-17(21)16(11-19)14-5-3-2-4-6-14/h2-10,12,16H,11,19H2,1H3,(H,20,21)/t12-,16?/m1/s1. The molecule has 0 bridgehead atoms. The van der Waals surface area contributed by atoms with E-state index in [2.05, 4.69) is 5.32 Å². The molecule has 21 heavy (non-hydrogen) atoms. The number of hydrogen-bond acceptors (Lipinski definition) is 2. The minimum absolute atomic E-state index is 0.125. The number of benzene rings is 2. The molecule has 2 rings (SSSR count). The van der Waals surface area contributed by atoms with Crippen LogP contribution in [0.25, 0.3) is 0 Å². The van der Waals surface area contributed by atoms with E-state index < -0.39 is 0 Å². The zero-order valence-electron chi connectivity index (χ0n) is 11.9. The van der Waals surface area contributed by atoms with E-state index in [0.717, 1.165) is 11.1 Å². The molecule has 1 unspecified atom stereocenters. The lowest BCUT2D eigenvalue weighted by Gasteiger charge is -2.20. The molecule has 0 heterocycles. The van der Waals surface area contributed by atoms with Crippen LogP contribution in [-0.2, 0) is 4.79 Å². The lowest BCUT2D eigenvalue weighted by Crippen LogP contribution is -2.35. The van der Waals surface area contributed by atoms with Gasteiger partial charge in [-0.1, -0.05) is 42.5 Å². The summed E-state index contributed by atoms with van der Waals surface area (Å²) in [6.07, 6.45) is 0. The normalized spacial score (nSPS) is 13.5. The maximum Gasteiger partial charge on any atom is 0.229 e. The molecule has 0 aromatic heterocycles. The summed E-state index contributed by atoms with van der Waals surface area (Å²) in [7, 11) is 0. The van der Waals surface area contributed by atoms with Crippen molar-refractivity contribution in [3.63, 3.8) is 0 Å². The molecule has 0 saturated heterocycles. The van der Waals surface area contributed by atoms with Crippen LogP contribution in [0.3, 0.4) is 0 Å². The summed E-state index contributed by atoms with van der Waals surface area (Å²) in [6, 6.07) is 15.3. The zero-order chi connectivity index (χ0) is 15.2. The molecule has 4 heteroatoms. The highest BCUT2D eigenvalue weighted by Crippen LogP contribution is 2.18. The van der Waals surface area contributed by atoms with E-state index in [1.807, 2.05) is 37.3 Å². The second kappa shape index (κ2) is 6.99. The van der Waals surface area contributed by atoms with Gasteiger partial charge in [0.25, 0.3) is 0 Å². The molecule has 2 atom stereocenters. The topological polar surface area (TPSA) is 55.1 Å². The predicted molar refractivity (Wildman–Crippen MR) is 81.2 cm³/mol. The molecule has 2 aromatic rings. The van der Waals surface area contributed by atoms with E-state index in [0.29, 0.717) is 0 Å². The Kier molecular flexibility index (Phi) is 5.06. The third kappa shape index (κ3) is 3.89. The number of rotatable bonds is 5. The van der Waals surface area contributed by atoms with Gasteiger partial charge < -0.3 is 11.1 Å². The molecule has 3 N–H and O–H groups in total. The lowest BCUT2D eigenvalue weighted by atomic mass is 9.97. The largest absolute Gasteiger partial charge is 0.349 e. The van der Waals surface area contributed by atoms with Crippen molar-refractivity contribution in [2.24, 2.45) is 5.73 Å². The fraction of sp³-hybridized carbons (Fsp3) is 0.235. The first-order chi connectivity index (χ1) is 10.1. The maximum atomic E-state index is 12.9. The quantitative estimate of drug-likeness (QED) is 0.888. The fourth-order valence-electron chi connectivity index (χ4n) is 2.23. The molecule has 0 aliphatic carbocycles. The van der Waals surface area contributed by atoms with Gasteiger partial charge in [0, 0.05) is 6.54 Å². The lowest BCUT2D eigenvalue weighted by molar-refractivity contribution is -0.123. The van der Waals surface area contributed by atoms with Crippen LogP contribution < -0.4 is 11.1 Å². The number of nitrogens with two attached hydrogens (primary N) is 1. The predicted octanol–water partition coefficient (Wildman–Crippen LogP) is 2.75. The fourth-order valence-corrected chi connectivity index (χ4v) is 2.23. The third-order valence-electron chi connectivity index (χ3n) is 3.48. The van der Waals surface area contributed by atoms with E-state index in [9.17, 15) is 9.18 Å². The highest BCUT2D eigenvalue weighted by molar-refractivity contribution is 5.84. The molecule has 2 aromatic carbocycles. The van der Waals surface area contributed by atoms with Gasteiger partial charge in [-0.2, -0.15) is 0 Å². The molecule has 0 fully saturated rings. The molecular formula is C17H19FN2O. The number of amides is 1. The van der Waals surface area contributed by atoms with Crippen LogP contribution in [0.2, 0.25) is 0 Å². The Balaban J connectivity index is 2.07. The second-order valence-electron chi connectivity index (χ2n) is 4.98. The van der Waals surface area contributed by atoms with Crippen molar-refractivity contribution in [3.8, 4) is 0 Å². The van der Waals surface area contributed by atoms with Gasteiger partial charge in [-0.25, -0.2) is 4.39 Å². The van der Waals surface area contributed by atoms with Crippen LogP contribution in [0.4, 0.5) is 4.39 Å². The molecule has 3 nitrogen and oxygen atoms in total. The van der Waals surface area contributed by atoms with E-state index in [1.165, 1.54) is 12.1 Å². The highest BCUT2D eigenvalue weighted by Gasteiger charge is 2.20. The van der Waals surface area contributed by atoms with Gasteiger partial charge in [-0.3, -0.25) is 4.79 Å². The first-order valence-electron chi connectivity index (χ1n) is 6.92. The summed E-state index contributed by atoms with van der Waals surface area (Å²) in [5, 5.41) is 2.92. The van der Waals surface area contributed by atoms with Crippen LogP contribution >= 0.6 is 0 Å². The van der Waals surface area contributed by atoms with Crippen molar-refractivity contribution in [2.45, 2.75) is 18.9 Å². The van der Waals surface area contributed by atoms with Crippen molar-refractivity contribution in [1.29, 1.82) is 0 Å². The number of halogens is 1. The third-order valence-corrected chi connectivity index (χ3v) is 3.48. The van der Waals surface area contributed by atoms with Crippen molar-refractivity contribution in [1.82, 2.24) is 5.32 Å². The summed E-state index contributed by atoms with van der Waals surface area (Å²) in [6.45, 7) is 2.11. The number of carbonyl (C=O) groups excluding carboxylic acids is 1. The Bertz CT molecular complexity index is 583. The van der Waals surface area contributed by atoms with Crippen LogP contribution in [0.5, 0.6) is 0 Å². The van der Waals surface area contributed by atoms with Gasteiger partial charge >= 0.3 is 0 Å². The van der Waals surface area contributed by atoms with Crippen molar-refractivity contribution in [2.75, 3.05) is 6.54 Å². The monoisotopic (exact) mass is 286 g/mol. The van der Waals surface area contributed by atoms with Gasteiger partial charge in [0.15, 0.2) is 0 Å². The number of hydrogen-bond donors (Lipinski definition) is 2. The second-order valence-corrected chi connectivity index (χ2v) is 4.98. The van der Waals surface area contributed by atoms with Crippen LogP contribution in [0.1, 0.15) is 30.0 Å². The van der Waals surface area contributed by atoms with E-state index in [4.69, 9.17) is 5.73 Å². The highest BCUT2D eigenvalue weighted by atomic mass is 19.1. The van der Waals surface area contributed by atoms with E-state index in [-0.39, 0.29) is 30.2 Å². The summed E-state index contributed by atoms with van der Waals surface area (Å²) in [4.78, 5) is 12.4. The number of nitrogens with one attached hydrogen (secondary N) is 1. The first kappa shape index (κ1) is 15.2. The Labute approximate surface area is 124 Å². The molecular weight excluding hydrogens is 267 g/mol. The molecule has 110 valence electrons. The molecule has 0 spiro atoms. The Morgan fingerprint density at radius 3 is 2.29 bits per heavy atom. The van der Waals surface area contributed by atoms with Gasteiger partial charge in [-0.05, 0) is 30.2 Å². The molecule has 1 amide bonds. The minimum Gasteiger partial charge on any atom is -0.349 e. The Morgan fingerprint density at radius 1 is 1.10 bits per heavy atom. The minimum atomic E-state index is -0.380. The van der Waals surface area contributed by atoms with Gasteiger partial charge in [0.05, 0.1) is 12.0 Å². The molecule has 0 aliphatic rings. The number of carbonyl (C=O) groups is 1. The summed E-state index contributed by atoms with van der Waals surface area (Å²) in [5.74, 6) is -0.795. The van der Waals surface area contributed by atoms with Crippen molar-refractivity contribution in [3.05, 3.63) is 71.5 Å². The Morgan fingerprint density at radius 2 is 1.71 bits per heavy atom. The van der Waals surface area contributed by atoms with Crippen molar-refractivity contribution >= 4 is 5.91 Å². The smallest absolute Gasteiger partial charge is 0.229 e. The zero-order valence-corrected chi connectivity index (χ0v) is 11.9. The van der Waals surface area contributed by atoms with Crippen molar-refractivity contribution < 1.29 is 9.18 Å². The maximum absolute atomic E-state index is 12.9.